The Morgan fingerprint density at radius 3 is 2.38 bits per heavy atom. The van der Waals surface area contributed by atoms with Gasteiger partial charge in [0, 0.05) is 18.1 Å². The lowest BCUT2D eigenvalue weighted by molar-refractivity contribution is -0.143. The van der Waals surface area contributed by atoms with Crippen molar-refractivity contribution in [1.29, 1.82) is 0 Å². The highest BCUT2D eigenvalue weighted by atomic mass is 32.2. The maximum atomic E-state index is 12.0. The van der Waals surface area contributed by atoms with Crippen molar-refractivity contribution in [3.05, 3.63) is 0 Å². The molecule has 0 aromatic rings. The van der Waals surface area contributed by atoms with Gasteiger partial charge in [0.25, 0.3) is 0 Å². The summed E-state index contributed by atoms with van der Waals surface area (Å²) < 4.78 is 29.2. The predicted octanol–water partition coefficient (Wildman–Crippen LogP) is 5.30. The van der Waals surface area contributed by atoms with Crippen molar-refractivity contribution in [2.24, 2.45) is 5.92 Å². The molecular formula is C16H30F2O2S. The van der Waals surface area contributed by atoms with Crippen molar-refractivity contribution >= 4 is 17.7 Å². The van der Waals surface area contributed by atoms with Crippen LogP contribution in [0, 0.1) is 5.92 Å². The summed E-state index contributed by atoms with van der Waals surface area (Å²) in [5, 5.41) is 0.326. The van der Waals surface area contributed by atoms with Gasteiger partial charge in [-0.15, -0.1) is 0 Å². The largest absolute Gasteiger partial charge is 0.464 e. The van der Waals surface area contributed by atoms with Crippen molar-refractivity contribution in [1.82, 2.24) is 0 Å². The first-order valence-corrected chi connectivity index (χ1v) is 9.07. The van der Waals surface area contributed by atoms with Gasteiger partial charge in [0.05, 0.1) is 0 Å². The SMILES string of the molecule is CCCC(=O)OCC(SCCCCCCC(F)F)C(C)C. The van der Waals surface area contributed by atoms with E-state index in [9.17, 15) is 13.6 Å². The first kappa shape index (κ1) is 20.7. The summed E-state index contributed by atoms with van der Waals surface area (Å²) >= 11 is 1.83. The van der Waals surface area contributed by atoms with Crippen LogP contribution in [0.5, 0.6) is 0 Å². The van der Waals surface area contributed by atoms with Crippen molar-refractivity contribution < 1.29 is 18.3 Å². The Bertz CT molecular complexity index is 261. The quantitative estimate of drug-likeness (QED) is 0.339. The highest BCUT2D eigenvalue weighted by molar-refractivity contribution is 7.99. The average Bonchev–Trinajstić information content (AvgIpc) is 2.40. The van der Waals surface area contributed by atoms with Gasteiger partial charge in [-0.3, -0.25) is 4.79 Å². The molecule has 0 aliphatic carbocycles. The molecule has 0 amide bonds. The van der Waals surface area contributed by atoms with Crippen LogP contribution in [0.4, 0.5) is 8.78 Å². The molecule has 0 saturated heterocycles. The van der Waals surface area contributed by atoms with E-state index in [0.717, 1.165) is 31.4 Å². The van der Waals surface area contributed by atoms with Crippen LogP contribution in [-0.2, 0) is 9.53 Å². The van der Waals surface area contributed by atoms with Gasteiger partial charge in [0.15, 0.2) is 0 Å². The molecule has 2 nitrogen and oxygen atoms in total. The molecule has 0 aromatic carbocycles. The van der Waals surface area contributed by atoms with Crippen LogP contribution in [0.15, 0.2) is 0 Å². The molecule has 0 rings (SSSR count). The normalized spacial score (nSPS) is 12.9. The minimum atomic E-state index is -2.16. The second kappa shape index (κ2) is 13.4. The number of hydrogen-bond acceptors (Lipinski definition) is 3. The van der Waals surface area contributed by atoms with Crippen LogP contribution in [0.1, 0.15) is 65.7 Å². The average molecular weight is 324 g/mol. The van der Waals surface area contributed by atoms with Gasteiger partial charge in [-0.25, -0.2) is 8.78 Å². The predicted molar refractivity (Wildman–Crippen MR) is 86.0 cm³/mol. The molecule has 0 aliphatic rings. The molecule has 21 heavy (non-hydrogen) atoms. The van der Waals surface area contributed by atoms with E-state index < -0.39 is 6.43 Å². The zero-order chi connectivity index (χ0) is 16.1. The number of carbonyl (C=O) groups is 1. The molecule has 0 radical (unpaired) electrons. The second-order valence-corrected chi connectivity index (χ2v) is 7.03. The van der Waals surface area contributed by atoms with Crippen LogP contribution in [0.25, 0.3) is 0 Å². The van der Waals surface area contributed by atoms with Crippen LogP contribution in [0.3, 0.4) is 0 Å². The van der Waals surface area contributed by atoms with Crippen molar-refractivity contribution in [3.8, 4) is 0 Å². The van der Waals surface area contributed by atoms with Gasteiger partial charge in [-0.2, -0.15) is 11.8 Å². The van der Waals surface area contributed by atoms with Crippen molar-refractivity contribution in [3.63, 3.8) is 0 Å². The van der Waals surface area contributed by atoms with E-state index in [0.29, 0.717) is 30.6 Å². The lowest BCUT2D eigenvalue weighted by atomic mass is 10.1. The lowest BCUT2D eigenvalue weighted by Gasteiger charge is -2.20. The summed E-state index contributed by atoms with van der Waals surface area (Å²) in [6, 6.07) is 0. The van der Waals surface area contributed by atoms with E-state index >= 15 is 0 Å². The van der Waals surface area contributed by atoms with E-state index in [1.807, 2.05) is 18.7 Å². The zero-order valence-corrected chi connectivity index (χ0v) is 14.4. The second-order valence-electron chi connectivity index (χ2n) is 5.68. The Balaban J connectivity index is 3.68. The van der Waals surface area contributed by atoms with Crippen LogP contribution >= 0.6 is 11.8 Å². The fourth-order valence-corrected chi connectivity index (χ4v) is 3.10. The lowest BCUT2D eigenvalue weighted by Crippen LogP contribution is -2.21. The molecule has 126 valence electrons. The van der Waals surface area contributed by atoms with E-state index in [4.69, 9.17) is 4.74 Å². The highest BCUT2D eigenvalue weighted by Crippen LogP contribution is 2.22. The van der Waals surface area contributed by atoms with E-state index in [-0.39, 0.29) is 12.4 Å². The molecule has 0 aromatic heterocycles. The summed E-state index contributed by atoms with van der Waals surface area (Å²) in [6.07, 6.45) is 2.70. The van der Waals surface area contributed by atoms with Crippen LogP contribution in [-0.4, -0.2) is 30.0 Å². The minimum absolute atomic E-state index is 0.0230. The number of ether oxygens (including phenoxy) is 1. The fourth-order valence-electron chi connectivity index (χ4n) is 1.87. The van der Waals surface area contributed by atoms with Crippen LogP contribution in [0.2, 0.25) is 0 Å². The Kier molecular flexibility index (Phi) is 13.1. The summed E-state index contributed by atoms with van der Waals surface area (Å²) in [4.78, 5) is 11.4. The van der Waals surface area contributed by atoms with Gasteiger partial charge in [-0.1, -0.05) is 33.6 Å². The Morgan fingerprint density at radius 2 is 1.81 bits per heavy atom. The molecule has 1 atom stereocenters. The molecule has 0 fully saturated rings. The maximum absolute atomic E-state index is 12.0. The number of esters is 1. The maximum Gasteiger partial charge on any atom is 0.305 e. The molecular weight excluding hydrogens is 294 g/mol. The van der Waals surface area contributed by atoms with Gasteiger partial charge >= 0.3 is 5.97 Å². The number of hydrogen-bond donors (Lipinski definition) is 0. The summed E-state index contributed by atoms with van der Waals surface area (Å²) in [5.74, 6) is 1.35. The van der Waals surface area contributed by atoms with Crippen molar-refractivity contribution in [2.45, 2.75) is 77.4 Å². The topological polar surface area (TPSA) is 26.3 Å². The molecule has 5 heteroatoms. The number of rotatable bonds is 13. The van der Waals surface area contributed by atoms with Gasteiger partial charge in [-0.05, 0) is 30.9 Å². The highest BCUT2D eigenvalue weighted by Gasteiger charge is 2.16. The van der Waals surface area contributed by atoms with Crippen LogP contribution < -0.4 is 0 Å². The summed E-state index contributed by atoms with van der Waals surface area (Å²) in [6.45, 7) is 6.71. The number of alkyl halides is 2. The monoisotopic (exact) mass is 324 g/mol. The van der Waals surface area contributed by atoms with Gasteiger partial charge in [0.1, 0.15) is 6.61 Å². The van der Waals surface area contributed by atoms with E-state index in [2.05, 4.69) is 13.8 Å². The minimum Gasteiger partial charge on any atom is -0.464 e. The van der Waals surface area contributed by atoms with E-state index in [1.54, 1.807) is 0 Å². The first-order chi connectivity index (χ1) is 9.97. The molecule has 0 N–H and O–H groups in total. The number of halogens is 2. The summed E-state index contributed by atoms with van der Waals surface area (Å²) in [7, 11) is 0. The Morgan fingerprint density at radius 1 is 1.14 bits per heavy atom. The molecule has 0 spiro atoms. The Labute approximate surface area is 132 Å². The first-order valence-electron chi connectivity index (χ1n) is 8.02. The third-order valence-electron chi connectivity index (χ3n) is 3.25. The molecule has 1 unspecified atom stereocenters. The smallest absolute Gasteiger partial charge is 0.305 e. The number of unbranched alkanes of at least 4 members (excludes halogenated alkanes) is 3. The number of thioether (sulfide) groups is 1. The Hall–Kier alpha value is -0.320. The van der Waals surface area contributed by atoms with Gasteiger partial charge in [0.2, 0.25) is 6.43 Å². The standard InChI is InChI=1S/C16H30F2O2S/c1-4-9-16(19)20-12-14(13(2)3)21-11-8-6-5-7-10-15(17)18/h13-15H,4-12H2,1-3H3. The van der Waals surface area contributed by atoms with E-state index in [1.165, 1.54) is 0 Å². The number of carbonyl (C=O) groups excluding carboxylic acids is 1. The molecule has 0 aliphatic heterocycles. The van der Waals surface area contributed by atoms with Gasteiger partial charge < -0.3 is 4.74 Å². The third-order valence-corrected chi connectivity index (χ3v) is 4.89. The zero-order valence-electron chi connectivity index (χ0n) is 13.6. The molecule has 0 bridgehead atoms. The summed E-state index contributed by atoms with van der Waals surface area (Å²) in [5.41, 5.74) is 0. The molecule has 0 saturated carbocycles. The van der Waals surface area contributed by atoms with Crippen molar-refractivity contribution in [2.75, 3.05) is 12.4 Å². The molecule has 0 heterocycles. The fraction of sp³-hybridized carbons (Fsp3) is 0.938. The third kappa shape index (κ3) is 13.1.